The van der Waals surface area contributed by atoms with Crippen molar-refractivity contribution in [2.24, 2.45) is 0 Å². The monoisotopic (exact) mass is 535 g/mol. The predicted molar refractivity (Wildman–Crippen MR) is 134 cm³/mol. The fourth-order valence-electron chi connectivity index (χ4n) is 2.82. The summed E-state index contributed by atoms with van der Waals surface area (Å²) in [5.74, 6) is -0.921. The third-order valence-corrected chi connectivity index (χ3v) is 5.11. The summed E-state index contributed by atoms with van der Waals surface area (Å²) >= 11 is 0. The summed E-state index contributed by atoms with van der Waals surface area (Å²) < 4.78 is 51.3. The number of aromatic nitrogens is 2. The quantitative estimate of drug-likeness (QED) is 0.188. The number of methoxy groups -OCH3 is 1. The van der Waals surface area contributed by atoms with E-state index in [9.17, 15) is 22.7 Å². The first-order valence-electron chi connectivity index (χ1n) is 10.8. The molecular formula is C23H26FN5O7S. The van der Waals surface area contributed by atoms with Crippen molar-refractivity contribution in [3.8, 4) is 5.75 Å². The fourth-order valence-corrected chi connectivity index (χ4v) is 3.20. The van der Waals surface area contributed by atoms with E-state index in [0.717, 1.165) is 12.5 Å². The molecule has 1 heterocycles. The largest absolute Gasteiger partial charge is 0.491 e. The van der Waals surface area contributed by atoms with Crippen molar-refractivity contribution in [3.63, 3.8) is 0 Å². The van der Waals surface area contributed by atoms with Crippen molar-refractivity contribution >= 4 is 44.9 Å². The molecule has 37 heavy (non-hydrogen) atoms. The second-order valence-corrected chi connectivity index (χ2v) is 9.22. The van der Waals surface area contributed by atoms with Gasteiger partial charge in [-0.3, -0.25) is 8.98 Å². The Balaban J connectivity index is 1.63. The van der Waals surface area contributed by atoms with Crippen molar-refractivity contribution in [2.75, 3.05) is 49.1 Å². The van der Waals surface area contributed by atoms with Crippen LogP contribution in [0.3, 0.4) is 0 Å². The molecular weight excluding hydrogens is 509 g/mol. The molecule has 0 aliphatic rings. The molecule has 0 fully saturated rings. The van der Waals surface area contributed by atoms with Gasteiger partial charge in [0.25, 0.3) is 16.0 Å². The van der Waals surface area contributed by atoms with Gasteiger partial charge < -0.3 is 30.5 Å². The van der Waals surface area contributed by atoms with Crippen LogP contribution in [-0.2, 0) is 23.8 Å². The number of ether oxygens (including phenoxy) is 2. The molecule has 3 aromatic rings. The summed E-state index contributed by atoms with van der Waals surface area (Å²) in [6, 6.07) is 13.2. The molecule has 1 amide bonds. The molecule has 0 bridgehead atoms. The van der Waals surface area contributed by atoms with Crippen LogP contribution in [-0.4, -0.2) is 68.7 Å². The zero-order valence-electron chi connectivity index (χ0n) is 20.0. The summed E-state index contributed by atoms with van der Waals surface area (Å²) in [5, 5.41) is 18.0. The van der Waals surface area contributed by atoms with Crippen LogP contribution in [0.1, 0.15) is 0 Å². The number of anilines is 5. The molecule has 0 saturated carbocycles. The first-order valence-corrected chi connectivity index (χ1v) is 12.7. The Morgan fingerprint density at radius 3 is 2.51 bits per heavy atom. The minimum atomic E-state index is -3.81. The summed E-state index contributed by atoms with van der Waals surface area (Å²) in [6.45, 7) is 0.160. The number of amides is 1. The van der Waals surface area contributed by atoms with Gasteiger partial charge >= 0.3 is 0 Å². The van der Waals surface area contributed by atoms with E-state index in [1.807, 2.05) is 0 Å². The highest BCUT2D eigenvalue weighted by atomic mass is 32.2. The topological polar surface area (TPSA) is 161 Å². The smallest absolute Gasteiger partial charge is 0.264 e. The van der Waals surface area contributed by atoms with Gasteiger partial charge in [-0.05, 0) is 42.5 Å². The molecule has 0 aliphatic heterocycles. The van der Waals surface area contributed by atoms with Gasteiger partial charge in [-0.25, -0.2) is 9.37 Å². The number of carbonyl (C=O) groups excluding carboxylic acids is 1. The Bertz CT molecular complexity index is 1310. The van der Waals surface area contributed by atoms with Gasteiger partial charge in [0.15, 0.2) is 17.7 Å². The number of aliphatic hydroxyl groups excluding tert-OH is 1. The van der Waals surface area contributed by atoms with Gasteiger partial charge in [0, 0.05) is 24.2 Å². The first-order chi connectivity index (χ1) is 17.6. The lowest BCUT2D eigenvalue weighted by atomic mass is 10.2. The van der Waals surface area contributed by atoms with Crippen LogP contribution >= 0.6 is 0 Å². The number of benzene rings is 2. The van der Waals surface area contributed by atoms with Crippen LogP contribution in [0.2, 0.25) is 0 Å². The normalized spacial score (nSPS) is 12.0. The number of aliphatic hydroxyl groups is 1. The summed E-state index contributed by atoms with van der Waals surface area (Å²) in [4.78, 5) is 20.2. The van der Waals surface area contributed by atoms with E-state index in [-0.39, 0.29) is 17.5 Å². The Hall–Kier alpha value is -3.85. The molecule has 1 aromatic heterocycles. The maximum Gasteiger partial charge on any atom is 0.264 e. The lowest BCUT2D eigenvalue weighted by Gasteiger charge is -2.13. The SMILES string of the molecule is COCCOc1ccc(Nc2ncc(F)c(Nc3cccc(NC(=O)C(O)COS(C)(=O)=O)c3)n2)cc1. The van der Waals surface area contributed by atoms with Crippen molar-refractivity contribution in [1.29, 1.82) is 0 Å². The lowest BCUT2D eigenvalue weighted by molar-refractivity contribution is -0.125. The molecule has 3 rings (SSSR count). The van der Waals surface area contributed by atoms with Crippen LogP contribution in [0.4, 0.5) is 33.2 Å². The highest BCUT2D eigenvalue weighted by Gasteiger charge is 2.18. The minimum absolute atomic E-state index is 0.123. The zero-order valence-corrected chi connectivity index (χ0v) is 20.8. The molecule has 0 aliphatic carbocycles. The van der Waals surface area contributed by atoms with E-state index in [0.29, 0.717) is 30.3 Å². The maximum absolute atomic E-state index is 14.4. The van der Waals surface area contributed by atoms with Crippen LogP contribution in [0.5, 0.6) is 5.75 Å². The number of halogens is 1. The van der Waals surface area contributed by atoms with Gasteiger partial charge in [-0.1, -0.05) is 6.07 Å². The van der Waals surface area contributed by atoms with Crippen LogP contribution in [0.25, 0.3) is 0 Å². The van der Waals surface area contributed by atoms with E-state index < -0.39 is 34.6 Å². The van der Waals surface area contributed by atoms with E-state index in [2.05, 4.69) is 30.1 Å². The summed E-state index contributed by atoms with van der Waals surface area (Å²) in [6.07, 6.45) is 0.0882. The minimum Gasteiger partial charge on any atom is -0.491 e. The standard InChI is InChI=1S/C23H26FN5O7S/c1-34-10-11-35-18-8-6-15(7-9-18)28-23-25-13-19(24)21(29-23)26-16-4-3-5-17(12-16)27-22(31)20(30)14-36-37(2,32)33/h3-9,12-13,20,30H,10-11,14H2,1-2H3,(H,27,31)(H2,25,26,28,29). The van der Waals surface area contributed by atoms with Crippen molar-refractivity contribution in [1.82, 2.24) is 9.97 Å². The van der Waals surface area contributed by atoms with Crippen molar-refractivity contribution < 1.29 is 36.4 Å². The number of carbonyl (C=O) groups is 1. The molecule has 2 aromatic carbocycles. The van der Waals surface area contributed by atoms with E-state index >= 15 is 0 Å². The number of hydrogen-bond acceptors (Lipinski definition) is 11. The second kappa shape index (κ2) is 12.9. The van der Waals surface area contributed by atoms with E-state index in [1.54, 1.807) is 43.5 Å². The average molecular weight is 536 g/mol. The molecule has 1 unspecified atom stereocenters. The molecule has 4 N–H and O–H groups in total. The number of rotatable bonds is 13. The summed E-state index contributed by atoms with van der Waals surface area (Å²) in [7, 11) is -2.23. The highest BCUT2D eigenvalue weighted by molar-refractivity contribution is 7.85. The first kappa shape index (κ1) is 27.7. The summed E-state index contributed by atoms with van der Waals surface area (Å²) in [5.41, 5.74) is 1.29. The Morgan fingerprint density at radius 1 is 1.08 bits per heavy atom. The van der Waals surface area contributed by atoms with Gasteiger partial charge in [0.1, 0.15) is 19.0 Å². The Kier molecular flexibility index (Phi) is 9.68. The lowest BCUT2D eigenvalue weighted by Crippen LogP contribution is -2.32. The predicted octanol–water partition coefficient (Wildman–Crippen LogP) is 2.40. The molecule has 0 spiro atoms. The highest BCUT2D eigenvalue weighted by Crippen LogP contribution is 2.23. The van der Waals surface area contributed by atoms with Crippen molar-refractivity contribution in [2.45, 2.75) is 6.10 Å². The third kappa shape index (κ3) is 9.27. The Morgan fingerprint density at radius 2 is 1.81 bits per heavy atom. The average Bonchev–Trinajstić information content (AvgIpc) is 2.85. The van der Waals surface area contributed by atoms with Crippen molar-refractivity contribution in [3.05, 3.63) is 60.5 Å². The van der Waals surface area contributed by atoms with Gasteiger partial charge in [-0.2, -0.15) is 13.4 Å². The molecule has 198 valence electrons. The van der Waals surface area contributed by atoms with Crippen LogP contribution < -0.4 is 20.7 Å². The third-order valence-electron chi connectivity index (χ3n) is 4.55. The van der Waals surface area contributed by atoms with Gasteiger partial charge in [0.2, 0.25) is 5.95 Å². The number of nitrogens with one attached hydrogen (secondary N) is 3. The molecule has 14 heteroatoms. The molecule has 0 radical (unpaired) electrons. The van der Waals surface area contributed by atoms with Crippen LogP contribution in [0, 0.1) is 5.82 Å². The Labute approximate surface area is 212 Å². The molecule has 0 saturated heterocycles. The van der Waals surface area contributed by atoms with E-state index in [4.69, 9.17) is 9.47 Å². The number of hydrogen-bond donors (Lipinski definition) is 4. The van der Waals surface area contributed by atoms with E-state index in [1.165, 1.54) is 12.1 Å². The second-order valence-electron chi connectivity index (χ2n) is 7.58. The van der Waals surface area contributed by atoms with Crippen LogP contribution in [0.15, 0.2) is 54.7 Å². The maximum atomic E-state index is 14.4. The number of nitrogens with zero attached hydrogens (tertiary/aromatic N) is 2. The van der Waals surface area contributed by atoms with Gasteiger partial charge in [0.05, 0.1) is 19.1 Å². The molecule has 12 nitrogen and oxygen atoms in total. The van der Waals surface area contributed by atoms with Gasteiger partial charge in [-0.15, -0.1) is 0 Å². The zero-order chi connectivity index (χ0) is 26.8. The fraction of sp³-hybridized carbons (Fsp3) is 0.261. The molecule has 1 atom stereocenters.